The van der Waals surface area contributed by atoms with Crippen molar-refractivity contribution >= 4 is 38.8 Å². The van der Waals surface area contributed by atoms with Gasteiger partial charge in [-0.05, 0) is 55.6 Å². The van der Waals surface area contributed by atoms with Crippen LogP contribution in [0.5, 0.6) is 0 Å². The van der Waals surface area contributed by atoms with Crippen LogP contribution in [0, 0.1) is 0 Å². The average molecular weight is 606 g/mol. The molecular formula is C28H27ClF3N5O3S. The number of anilines is 1. The summed E-state index contributed by atoms with van der Waals surface area (Å²) in [5.41, 5.74) is 3.40. The number of fused-ring (bicyclic) bond motifs is 2. The average Bonchev–Trinajstić information content (AvgIpc) is 3.61. The van der Waals surface area contributed by atoms with Gasteiger partial charge in [-0.3, -0.25) is 18.9 Å². The minimum Gasteiger partial charge on any atom is -0.382 e. The number of halogens is 4. The summed E-state index contributed by atoms with van der Waals surface area (Å²) in [6, 6.07) is 9.14. The van der Waals surface area contributed by atoms with E-state index in [9.17, 15) is 27.9 Å². The van der Waals surface area contributed by atoms with Crippen LogP contribution in [0.3, 0.4) is 0 Å². The molecule has 0 aliphatic carbocycles. The summed E-state index contributed by atoms with van der Waals surface area (Å²) in [4.78, 5) is 33.1. The number of nitrogens with zero attached hydrogens (tertiary/aromatic N) is 4. The van der Waals surface area contributed by atoms with Gasteiger partial charge in [0.1, 0.15) is 0 Å². The molecule has 216 valence electrons. The molecule has 0 saturated carbocycles. The van der Waals surface area contributed by atoms with Gasteiger partial charge in [0, 0.05) is 64.3 Å². The van der Waals surface area contributed by atoms with Gasteiger partial charge in [-0.15, -0.1) is 11.3 Å². The molecule has 8 nitrogen and oxygen atoms in total. The quantitative estimate of drug-likeness (QED) is 0.345. The first-order valence-corrected chi connectivity index (χ1v) is 14.5. The summed E-state index contributed by atoms with van der Waals surface area (Å²) in [7, 11) is 0. The highest BCUT2D eigenvalue weighted by Crippen LogP contribution is 2.44. The molecule has 2 aliphatic rings. The lowest BCUT2D eigenvalue weighted by molar-refractivity contribution is -0.207. The molecule has 1 saturated heterocycles. The molecule has 41 heavy (non-hydrogen) atoms. The second-order valence-electron chi connectivity index (χ2n) is 10.4. The number of alkyl halides is 3. The smallest absolute Gasteiger partial charge is 0.382 e. The fraction of sp³-hybridized carbons (Fsp3) is 0.393. The summed E-state index contributed by atoms with van der Waals surface area (Å²) < 4.78 is 41.1. The summed E-state index contributed by atoms with van der Waals surface area (Å²) in [6.45, 7) is 1.69. The highest BCUT2D eigenvalue weighted by Gasteiger charge is 2.38. The number of aromatic nitrogens is 3. The van der Waals surface area contributed by atoms with E-state index in [1.54, 1.807) is 12.3 Å². The number of hydrogen-bond donors (Lipinski definition) is 2. The van der Waals surface area contributed by atoms with E-state index in [1.807, 2.05) is 18.2 Å². The van der Waals surface area contributed by atoms with Crippen LogP contribution in [0.15, 0.2) is 52.3 Å². The predicted molar refractivity (Wildman–Crippen MR) is 153 cm³/mol. The zero-order valence-corrected chi connectivity index (χ0v) is 23.4. The highest BCUT2D eigenvalue weighted by molar-refractivity contribution is 7.19. The van der Waals surface area contributed by atoms with E-state index < -0.39 is 30.1 Å². The van der Waals surface area contributed by atoms with Gasteiger partial charge in [0.2, 0.25) is 0 Å². The van der Waals surface area contributed by atoms with E-state index in [1.165, 1.54) is 22.6 Å². The Kier molecular flexibility index (Phi) is 7.43. The number of nitrogens with one attached hydrogen (secondary N) is 1. The summed E-state index contributed by atoms with van der Waals surface area (Å²) in [5, 5.41) is 13.5. The van der Waals surface area contributed by atoms with Gasteiger partial charge in [0.25, 0.3) is 5.56 Å². The number of aliphatic hydroxyl groups is 1. The zero-order valence-electron chi connectivity index (χ0n) is 21.8. The van der Waals surface area contributed by atoms with Crippen LogP contribution in [0.1, 0.15) is 23.3 Å². The molecule has 0 amide bonds. The second kappa shape index (κ2) is 10.9. The predicted octanol–water partition coefficient (Wildman–Crippen LogP) is 4.03. The Morgan fingerprint density at radius 2 is 2.02 bits per heavy atom. The summed E-state index contributed by atoms with van der Waals surface area (Å²) in [6.07, 6.45) is -1.92. The molecule has 0 spiro atoms. The van der Waals surface area contributed by atoms with E-state index >= 15 is 0 Å². The molecule has 4 aromatic rings. The lowest BCUT2D eigenvalue weighted by Gasteiger charge is -2.38. The zero-order chi connectivity index (χ0) is 28.9. The van der Waals surface area contributed by atoms with Crippen molar-refractivity contribution in [2.45, 2.75) is 50.7 Å². The normalized spacial score (nSPS) is 18.2. The molecule has 2 N–H and O–H groups in total. The maximum Gasteiger partial charge on any atom is 0.416 e. The molecule has 2 atom stereocenters. The molecule has 1 fully saturated rings. The molecule has 1 aromatic carbocycles. The van der Waals surface area contributed by atoms with Crippen molar-refractivity contribution in [3.05, 3.63) is 79.0 Å². The number of thiophene rings is 1. The second-order valence-corrected chi connectivity index (χ2v) is 12.0. The molecule has 6 rings (SSSR count). The van der Waals surface area contributed by atoms with Crippen molar-refractivity contribution in [3.63, 3.8) is 0 Å². The van der Waals surface area contributed by atoms with E-state index in [4.69, 9.17) is 11.6 Å². The SMILES string of the molecule is O=c1ccn(C[C@@H](O)C(F)(F)F)c(=O)n1Cc1cc2nccc(-c3cc(Cl)cc4c3N([C@H]3CCNC3)CCC4)c2s1. The van der Waals surface area contributed by atoms with Crippen LogP contribution in [0.25, 0.3) is 21.3 Å². The van der Waals surface area contributed by atoms with Crippen molar-refractivity contribution in [3.8, 4) is 11.1 Å². The van der Waals surface area contributed by atoms with Crippen molar-refractivity contribution < 1.29 is 18.3 Å². The standard InChI is InChI=1S/C28H27ClF3N5O3S/c29-17-10-16-2-1-8-36(18-3-6-33-13-18)25(16)21(11-17)20-4-7-34-22-12-19(41-26(20)22)14-37-24(39)5-9-35(27(37)40)15-23(38)28(30,31)32/h4-5,7,9-12,18,23,33,38H,1-3,6,8,13-15H2/t18-,23+/m0/s1. The van der Waals surface area contributed by atoms with E-state index in [-0.39, 0.29) is 6.54 Å². The third kappa shape index (κ3) is 5.41. The van der Waals surface area contributed by atoms with E-state index in [0.717, 1.165) is 71.6 Å². The Balaban J connectivity index is 1.40. The minimum absolute atomic E-state index is 0.144. The fourth-order valence-corrected chi connectivity index (χ4v) is 7.15. The number of hydrogen-bond acceptors (Lipinski definition) is 7. The minimum atomic E-state index is -4.89. The van der Waals surface area contributed by atoms with E-state index in [2.05, 4.69) is 15.2 Å². The molecule has 2 aliphatic heterocycles. The molecule has 0 bridgehead atoms. The van der Waals surface area contributed by atoms with Gasteiger partial charge in [-0.25, -0.2) is 4.79 Å². The third-order valence-electron chi connectivity index (χ3n) is 7.72. The largest absolute Gasteiger partial charge is 0.416 e. The molecule has 13 heteroatoms. The van der Waals surface area contributed by atoms with Crippen molar-refractivity contribution in [2.75, 3.05) is 24.5 Å². The Morgan fingerprint density at radius 1 is 1.20 bits per heavy atom. The lowest BCUT2D eigenvalue weighted by atomic mass is 9.92. The molecular weight excluding hydrogens is 579 g/mol. The maximum absolute atomic E-state index is 12.9. The van der Waals surface area contributed by atoms with Crippen LogP contribution in [0.2, 0.25) is 5.02 Å². The van der Waals surface area contributed by atoms with Gasteiger partial charge in [-0.1, -0.05) is 11.6 Å². The van der Waals surface area contributed by atoms with Crippen LogP contribution in [-0.4, -0.2) is 57.2 Å². The Labute approximate surface area is 241 Å². The topological polar surface area (TPSA) is 92.4 Å². The van der Waals surface area contributed by atoms with Crippen molar-refractivity contribution in [2.24, 2.45) is 0 Å². The van der Waals surface area contributed by atoms with Gasteiger partial charge in [0.05, 0.1) is 23.3 Å². The number of pyridine rings is 1. The van der Waals surface area contributed by atoms with Gasteiger partial charge in [-0.2, -0.15) is 13.2 Å². The summed E-state index contributed by atoms with van der Waals surface area (Å²) in [5.74, 6) is 0. The lowest BCUT2D eigenvalue weighted by Crippen LogP contribution is -2.43. The number of aryl methyl sites for hydroxylation is 1. The van der Waals surface area contributed by atoms with Crippen LogP contribution < -0.4 is 21.5 Å². The summed E-state index contributed by atoms with van der Waals surface area (Å²) >= 11 is 7.98. The number of rotatable bonds is 6. The van der Waals surface area contributed by atoms with Gasteiger partial charge >= 0.3 is 11.9 Å². The fourth-order valence-electron chi connectivity index (χ4n) is 5.78. The maximum atomic E-state index is 12.9. The van der Waals surface area contributed by atoms with Crippen molar-refractivity contribution in [1.82, 2.24) is 19.4 Å². The molecule has 0 radical (unpaired) electrons. The van der Waals surface area contributed by atoms with E-state index in [0.29, 0.717) is 26.0 Å². The molecule has 3 aromatic heterocycles. The van der Waals surface area contributed by atoms with Gasteiger partial charge in [0.15, 0.2) is 6.10 Å². The van der Waals surface area contributed by atoms with Crippen molar-refractivity contribution in [1.29, 1.82) is 0 Å². The molecule has 0 unspecified atom stereocenters. The monoisotopic (exact) mass is 605 g/mol. The van der Waals surface area contributed by atoms with Crippen LogP contribution in [0.4, 0.5) is 18.9 Å². The number of aliphatic hydroxyl groups excluding tert-OH is 1. The Hall–Kier alpha value is -3.19. The number of benzene rings is 1. The third-order valence-corrected chi connectivity index (χ3v) is 9.08. The first kappa shape index (κ1) is 28.0. The first-order chi connectivity index (χ1) is 19.6. The Morgan fingerprint density at radius 3 is 2.78 bits per heavy atom. The Bertz CT molecular complexity index is 1730. The molecule has 5 heterocycles. The highest BCUT2D eigenvalue weighted by atomic mass is 35.5. The van der Waals surface area contributed by atoms with Crippen LogP contribution in [-0.2, 0) is 19.5 Å². The van der Waals surface area contributed by atoms with Crippen LogP contribution >= 0.6 is 22.9 Å². The van der Waals surface area contributed by atoms with Gasteiger partial charge < -0.3 is 15.3 Å². The first-order valence-electron chi connectivity index (χ1n) is 13.3.